The number of carbonyl (C=O) groups is 1. The second-order valence-corrected chi connectivity index (χ2v) is 6.41. The molecule has 0 aliphatic carbocycles. The summed E-state index contributed by atoms with van der Waals surface area (Å²) in [6.07, 6.45) is -0.796. The molecule has 1 heterocycles. The highest BCUT2D eigenvalue weighted by molar-refractivity contribution is 5.75. The van der Waals surface area contributed by atoms with E-state index < -0.39 is 23.9 Å². The number of aliphatic hydroxyl groups excluding tert-OH is 2. The number of imidazole rings is 1. The van der Waals surface area contributed by atoms with Crippen molar-refractivity contribution >= 4 is 17.1 Å². The van der Waals surface area contributed by atoms with Crippen molar-refractivity contribution in [1.29, 1.82) is 0 Å². The average molecular weight is 321 g/mol. The van der Waals surface area contributed by atoms with Crippen LogP contribution in [0.2, 0.25) is 0 Å². The van der Waals surface area contributed by atoms with E-state index in [9.17, 15) is 15.0 Å². The van der Waals surface area contributed by atoms with Crippen LogP contribution < -0.4 is 5.32 Å². The quantitative estimate of drug-likeness (QED) is 0.672. The first-order valence-corrected chi connectivity index (χ1v) is 7.52. The molecule has 126 valence electrons. The van der Waals surface area contributed by atoms with Crippen molar-refractivity contribution in [3.8, 4) is 0 Å². The van der Waals surface area contributed by atoms with Crippen LogP contribution >= 0.6 is 0 Å². The molecule has 0 spiro atoms. The highest BCUT2D eigenvalue weighted by atomic mass is 16.6. The predicted octanol–water partition coefficient (Wildman–Crippen LogP) is 1.87. The Morgan fingerprint density at radius 2 is 2.13 bits per heavy atom. The van der Waals surface area contributed by atoms with Crippen molar-refractivity contribution in [2.75, 3.05) is 6.54 Å². The monoisotopic (exact) mass is 321 g/mol. The Labute approximate surface area is 134 Å². The van der Waals surface area contributed by atoms with Gasteiger partial charge in [-0.3, -0.25) is 0 Å². The lowest BCUT2D eigenvalue weighted by Crippen LogP contribution is -2.34. The van der Waals surface area contributed by atoms with Crippen molar-refractivity contribution in [1.82, 2.24) is 15.3 Å². The molecule has 2 aromatic rings. The summed E-state index contributed by atoms with van der Waals surface area (Å²) in [5.41, 5.74) is 1.61. The highest BCUT2D eigenvalue weighted by Gasteiger charge is 2.20. The molecule has 2 rings (SSSR count). The van der Waals surface area contributed by atoms with E-state index in [0.29, 0.717) is 5.56 Å². The maximum Gasteiger partial charge on any atom is 0.407 e. The molecule has 0 radical (unpaired) electrons. The molecule has 1 amide bonds. The fourth-order valence-electron chi connectivity index (χ4n) is 2.15. The van der Waals surface area contributed by atoms with Gasteiger partial charge in [0.05, 0.1) is 23.5 Å². The smallest absolute Gasteiger partial charge is 0.407 e. The van der Waals surface area contributed by atoms with Crippen molar-refractivity contribution in [2.45, 2.75) is 45.0 Å². The van der Waals surface area contributed by atoms with E-state index in [1.165, 1.54) is 0 Å². The number of hydrogen-bond donors (Lipinski definition) is 4. The van der Waals surface area contributed by atoms with Gasteiger partial charge < -0.3 is 25.3 Å². The molecule has 0 bridgehead atoms. The average Bonchev–Trinajstić information content (AvgIpc) is 2.91. The normalized spacial score (nSPS) is 14.5. The van der Waals surface area contributed by atoms with Gasteiger partial charge in [0, 0.05) is 6.54 Å². The molecule has 2 unspecified atom stereocenters. The van der Waals surface area contributed by atoms with Crippen LogP contribution in [0.5, 0.6) is 0 Å². The van der Waals surface area contributed by atoms with E-state index >= 15 is 0 Å². The van der Waals surface area contributed by atoms with Crippen LogP contribution in [0.25, 0.3) is 11.0 Å². The van der Waals surface area contributed by atoms with Gasteiger partial charge in [0.25, 0.3) is 0 Å². The Kier molecular flexibility index (Phi) is 5.23. The first-order chi connectivity index (χ1) is 10.8. The first kappa shape index (κ1) is 17.2. The SMILES string of the molecule is CC(C)(C)OC(=O)NCCC(O)C(O)c1ccc2nc[nH]c2c1. The summed E-state index contributed by atoms with van der Waals surface area (Å²) in [7, 11) is 0. The van der Waals surface area contributed by atoms with Crippen LogP contribution in [0.3, 0.4) is 0 Å². The molecule has 23 heavy (non-hydrogen) atoms. The summed E-state index contributed by atoms with van der Waals surface area (Å²) < 4.78 is 5.10. The zero-order valence-electron chi connectivity index (χ0n) is 13.5. The van der Waals surface area contributed by atoms with Crippen molar-refractivity contribution in [3.05, 3.63) is 30.1 Å². The van der Waals surface area contributed by atoms with Gasteiger partial charge in [0.15, 0.2) is 0 Å². The number of nitrogens with one attached hydrogen (secondary N) is 2. The fourth-order valence-corrected chi connectivity index (χ4v) is 2.15. The molecular weight excluding hydrogens is 298 g/mol. The Morgan fingerprint density at radius 3 is 2.83 bits per heavy atom. The van der Waals surface area contributed by atoms with Crippen LogP contribution in [0.1, 0.15) is 38.9 Å². The summed E-state index contributed by atoms with van der Waals surface area (Å²) in [6.45, 7) is 5.53. The Morgan fingerprint density at radius 1 is 1.39 bits per heavy atom. The van der Waals surface area contributed by atoms with Crippen LogP contribution in [-0.4, -0.2) is 44.5 Å². The molecule has 0 aliphatic heterocycles. The van der Waals surface area contributed by atoms with E-state index in [1.807, 2.05) is 0 Å². The van der Waals surface area contributed by atoms with Crippen molar-refractivity contribution in [3.63, 3.8) is 0 Å². The van der Waals surface area contributed by atoms with Crippen LogP contribution in [0.4, 0.5) is 4.79 Å². The number of carbonyl (C=O) groups excluding carboxylic acids is 1. The summed E-state index contributed by atoms with van der Waals surface area (Å²) in [5.74, 6) is 0. The molecule has 7 heteroatoms. The molecule has 1 aromatic carbocycles. The number of aromatic amines is 1. The summed E-state index contributed by atoms with van der Waals surface area (Å²) in [6, 6.07) is 5.24. The third-order valence-corrected chi connectivity index (χ3v) is 3.26. The lowest BCUT2D eigenvalue weighted by molar-refractivity contribution is 0.0124. The van der Waals surface area contributed by atoms with Crippen LogP contribution in [0.15, 0.2) is 24.5 Å². The van der Waals surface area contributed by atoms with Gasteiger partial charge in [-0.15, -0.1) is 0 Å². The number of aliphatic hydroxyl groups is 2. The molecule has 7 nitrogen and oxygen atoms in total. The van der Waals surface area contributed by atoms with Gasteiger partial charge in [-0.2, -0.15) is 0 Å². The highest BCUT2D eigenvalue weighted by Crippen LogP contribution is 2.22. The van der Waals surface area contributed by atoms with Crippen LogP contribution in [0, 0.1) is 0 Å². The Balaban J connectivity index is 1.85. The number of benzene rings is 1. The van der Waals surface area contributed by atoms with Gasteiger partial charge >= 0.3 is 6.09 Å². The Hall–Kier alpha value is -2.12. The molecular formula is C16H23N3O4. The minimum Gasteiger partial charge on any atom is -0.444 e. The lowest BCUT2D eigenvalue weighted by atomic mass is 10.0. The molecule has 0 aliphatic rings. The lowest BCUT2D eigenvalue weighted by Gasteiger charge is -2.21. The van der Waals surface area contributed by atoms with E-state index in [2.05, 4.69) is 15.3 Å². The number of ether oxygens (including phenoxy) is 1. The Bertz CT molecular complexity index is 663. The van der Waals surface area contributed by atoms with E-state index in [0.717, 1.165) is 11.0 Å². The van der Waals surface area contributed by atoms with Crippen molar-refractivity contribution in [2.24, 2.45) is 0 Å². The van der Waals surface area contributed by atoms with E-state index in [-0.39, 0.29) is 13.0 Å². The number of rotatable bonds is 5. The summed E-state index contributed by atoms with van der Waals surface area (Å²) in [4.78, 5) is 18.6. The number of aromatic nitrogens is 2. The fraction of sp³-hybridized carbons (Fsp3) is 0.500. The van der Waals surface area contributed by atoms with Gasteiger partial charge in [-0.1, -0.05) is 6.07 Å². The molecule has 2 atom stereocenters. The third-order valence-electron chi connectivity index (χ3n) is 3.26. The van der Waals surface area contributed by atoms with E-state index in [4.69, 9.17) is 4.74 Å². The second-order valence-electron chi connectivity index (χ2n) is 6.41. The molecule has 4 N–H and O–H groups in total. The minimum atomic E-state index is -1.04. The van der Waals surface area contributed by atoms with Gasteiger partial charge in [-0.25, -0.2) is 9.78 Å². The first-order valence-electron chi connectivity index (χ1n) is 7.52. The van der Waals surface area contributed by atoms with E-state index in [1.54, 1.807) is 45.3 Å². The number of fused-ring (bicyclic) bond motifs is 1. The van der Waals surface area contributed by atoms with Gasteiger partial charge in [-0.05, 0) is 44.9 Å². The number of alkyl carbamates (subject to hydrolysis) is 1. The van der Waals surface area contributed by atoms with Crippen molar-refractivity contribution < 1.29 is 19.7 Å². The standard InChI is InChI=1S/C16H23N3O4/c1-16(2,3)23-15(22)17-7-6-13(20)14(21)10-4-5-11-12(8-10)19-9-18-11/h4-5,8-9,13-14,20-21H,6-7H2,1-3H3,(H,17,22)(H,18,19). The predicted molar refractivity (Wildman–Crippen MR) is 85.9 cm³/mol. The number of amides is 1. The number of hydrogen-bond acceptors (Lipinski definition) is 5. The third kappa shape index (κ3) is 4.94. The molecule has 0 saturated carbocycles. The topological polar surface area (TPSA) is 107 Å². The zero-order chi connectivity index (χ0) is 17.0. The van der Waals surface area contributed by atoms with Gasteiger partial charge in [0.1, 0.15) is 11.7 Å². The summed E-state index contributed by atoms with van der Waals surface area (Å²) in [5, 5.41) is 22.8. The van der Waals surface area contributed by atoms with Crippen LogP contribution in [-0.2, 0) is 4.74 Å². The maximum atomic E-state index is 11.5. The number of nitrogens with zero attached hydrogens (tertiary/aromatic N) is 1. The largest absolute Gasteiger partial charge is 0.444 e. The molecule has 0 fully saturated rings. The maximum absolute atomic E-state index is 11.5. The summed E-state index contributed by atoms with van der Waals surface area (Å²) >= 11 is 0. The minimum absolute atomic E-state index is 0.208. The number of H-pyrrole nitrogens is 1. The zero-order valence-corrected chi connectivity index (χ0v) is 13.5. The molecule has 1 aromatic heterocycles. The molecule has 0 saturated heterocycles. The second kappa shape index (κ2) is 6.97. The van der Waals surface area contributed by atoms with Gasteiger partial charge in [0.2, 0.25) is 0 Å².